The van der Waals surface area contributed by atoms with Crippen LogP contribution >= 0.6 is 0 Å². The van der Waals surface area contributed by atoms with Crippen molar-refractivity contribution in [2.24, 2.45) is 0 Å². The van der Waals surface area contributed by atoms with Crippen molar-refractivity contribution in [1.29, 1.82) is 0 Å². The van der Waals surface area contributed by atoms with Crippen molar-refractivity contribution in [3.8, 4) is 33.6 Å². The van der Waals surface area contributed by atoms with Gasteiger partial charge < -0.3 is 18.9 Å². The minimum absolute atomic E-state index is 0.103. The van der Waals surface area contributed by atoms with Gasteiger partial charge in [-0.3, -0.25) is 0 Å². The summed E-state index contributed by atoms with van der Waals surface area (Å²) in [6, 6.07) is 90.2. The maximum Gasteiger partial charge on any atom is 0.252 e. The highest BCUT2D eigenvalue weighted by Gasteiger charge is 2.45. The summed E-state index contributed by atoms with van der Waals surface area (Å²) in [5.41, 5.74) is 27.7. The lowest BCUT2D eigenvalue weighted by Gasteiger charge is -2.45. The minimum Gasteiger partial charge on any atom is -0.311 e. The molecule has 0 radical (unpaired) electrons. The molecule has 4 heterocycles. The van der Waals surface area contributed by atoms with Gasteiger partial charge in [-0.05, 0) is 144 Å². The normalized spacial score (nSPS) is 13.4. The number of fused-ring (bicyclic) bond motifs is 10. The predicted molar refractivity (Wildman–Crippen MR) is 375 cm³/mol. The zero-order chi connectivity index (χ0) is 60.1. The molecule has 0 unspecified atom stereocenters. The van der Waals surface area contributed by atoms with E-state index in [-0.39, 0.29) is 28.4 Å². The van der Waals surface area contributed by atoms with Crippen molar-refractivity contribution in [2.45, 2.75) is 105 Å². The number of aromatic nitrogens is 2. The van der Waals surface area contributed by atoms with Gasteiger partial charge in [0.25, 0.3) is 6.71 Å². The SMILES string of the molecule is CC(C)(C)c1ccccc1-c1ccccc1N1c2ccc(-n3c4ccccc4c4cccc(C(C)(C)C)c43)cc2B2c3cc(-n4c5ccccc5c5cccc(C(C)(C)C)c54)ccc3N(c3ccccc3-c3ccccc3C(C)(C)C)c3cccc1c32. The highest BCUT2D eigenvalue weighted by molar-refractivity contribution is 7.00. The zero-order valence-corrected chi connectivity index (χ0v) is 52.4. The molecule has 4 nitrogen and oxygen atoms in total. The van der Waals surface area contributed by atoms with E-state index in [2.05, 4.69) is 339 Å². The van der Waals surface area contributed by atoms with Crippen molar-refractivity contribution in [3.63, 3.8) is 0 Å². The summed E-state index contributed by atoms with van der Waals surface area (Å²) >= 11 is 0. The fourth-order valence-corrected chi connectivity index (χ4v) is 15.0. The second-order valence-corrected chi connectivity index (χ2v) is 28.5. The maximum atomic E-state index is 2.62. The second kappa shape index (κ2) is 19.6. The van der Waals surface area contributed by atoms with Gasteiger partial charge in [-0.15, -0.1) is 0 Å². The Kier molecular flexibility index (Phi) is 12.2. The Balaban J connectivity index is 1.09. The van der Waals surface area contributed by atoms with E-state index in [0.717, 1.165) is 22.7 Å². The molecule has 15 rings (SSSR count). The lowest BCUT2D eigenvalue weighted by Crippen LogP contribution is -2.61. The molecular formula is C82H75BN4. The van der Waals surface area contributed by atoms with Gasteiger partial charge in [-0.1, -0.05) is 247 Å². The predicted octanol–water partition coefficient (Wildman–Crippen LogP) is 20.5. The largest absolute Gasteiger partial charge is 0.311 e. The molecule has 0 bridgehead atoms. The summed E-state index contributed by atoms with van der Waals surface area (Å²) < 4.78 is 5.15. The van der Waals surface area contributed by atoms with E-state index < -0.39 is 0 Å². The van der Waals surface area contributed by atoms with Crippen molar-refractivity contribution < 1.29 is 0 Å². The van der Waals surface area contributed by atoms with Gasteiger partial charge in [0.2, 0.25) is 0 Å². The van der Waals surface area contributed by atoms with Gasteiger partial charge in [-0.25, -0.2) is 0 Å². The smallest absolute Gasteiger partial charge is 0.252 e. The number of anilines is 6. The van der Waals surface area contributed by atoms with Gasteiger partial charge >= 0.3 is 0 Å². The van der Waals surface area contributed by atoms with E-state index in [1.165, 1.54) is 127 Å². The quantitative estimate of drug-likeness (QED) is 0.154. The fourth-order valence-electron chi connectivity index (χ4n) is 15.0. The Morgan fingerprint density at radius 2 is 0.586 bits per heavy atom. The highest BCUT2D eigenvalue weighted by atomic mass is 15.2. The number of rotatable bonds is 6. The van der Waals surface area contributed by atoms with Gasteiger partial charge in [0.05, 0.1) is 33.4 Å². The van der Waals surface area contributed by atoms with Crippen LogP contribution in [0, 0.1) is 0 Å². The van der Waals surface area contributed by atoms with Crippen LogP contribution in [0.1, 0.15) is 105 Å². The van der Waals surface area contributed by atoms with Crippen molar-refractivity contribution in [1.82, 2.24) is 9.13 Å². The first kappa shape index (κ1) is 54.3. The third kappa shape index (κ3) is 8.47. The van der Waals surface area contributed by atoms with E-state index in [0.29, 0.717) is 0 Å². The molecule has 0 atom stereocenters. The number of para-hydroxylation sites is 6. The van der Waals surface area contributed by atoms with Crippen molar-refractivity contribution in [2.75, 3.05) is 9.80 Å². The Morgan fingerprint density at radius 3 is 1.00 bits per heavy atom. The lowest BCUT2D eigenvalue weighted by atomic mass is 9.33. The van der Waals surface area contributed by atoms with Crippen LogP contribution in [-0.2, 0) is 21.7 Å². The van der Waals surface area contributed by atoms with Gasteiger partial charge in [0, 0.05) is 66.8 Å². The van der Waals surface area contributed by atoms with Gasteiger partial charge in [0.1, 0.15) is 0 Å². The van der Waals surface area contributed by atoms with Crippen LogP contribution in [0.4, 0.5) is 34.1 Å². The lowest BCUT2D eigenvalue weighted by molar-refractivity contribution is 0.591. The van der Waals surface area contributed by atoms with E-state index in [1.54, 1.807) is 0 Å². The standard InChI is InChI=1S/C82H75BN4/c1-79(2,3)62-36-19-13-28-54(62)56-30-15-23-42-70(56)86-72-48-46-52(84-68-40-21-17-32-58(68)60-34-25-38-64(77(60)84)81(7,8)9)50-66(72)83-67-51-53(85-69-41-22-18-33-59(69)61-35-26-39-65(78(61)85)82(10,11)12)47-49-73(67)87(75-45-27-44-74(86)76(75)83)71-43-24-16-31-57(71)55-29-14-20-37-63(55)80(4,5)6/h13-51H,1-12H3. The Labute approximate surface area is 514 Å². The molecule has 0 aliphatic carbocycles. The molecule has 5 heteroatoms. The molecular weight excluding hydrogens is 1050 g/mol. The summed E-state index contributed by atoms with van der Waals surface area (Å²) in [6.07, 6.45) is 0. The Bertz CT molecular complexity index is 4640. The average Bonchev–Trinajstić information content (AvgIpc) is 1.07. The van der Waals surface area contributed by atoms with E-state index >= 15 is 0 Å². The third-order valence-electron chi connectivity index (χ3n) is 18.8. The molecule has 13 aromatic rings. The fraction of sp³-hybridized carbons (Fsp3) is 0.195. The molecule has 0 spiro atoms. The van der Waals surface area contributed by atoms with Crippen LogP contribution in [0.25, 0.3) is 77.2 Å². The maximum absolute atomic E-state index is 2.62. The molecule has 0 amide bonds. The van der Waals surface area contributed by atoms with Crippen LogP contribution in [-0.4, -0.2) is 15.8 Å². The number of hydrogen-bond donors (Lipinski definition) is 0. The number of benzene rings is 11. The topological polar surface area (TPSA) is 16.3 Å². The van der Waals surface area contributed by atoms with Gasteiger partial charge in [0.15, 0.2) is 0 Å². The zero-order valence-electron chi connectivity index (χ0n) is 52.4. The second-order valence-electron chi connectivity index (χ2n) is 28.5. The first-order valence-corrected chi connectivity index (χ1v) is 31.2. The third-order valence-corrected chi connectivity index (χ3v) is 18.8. The van der Waals surface area contributed by atoms with Crippen LogP contribution in [0.3, 0.4) is 0 Å². The van der Waals surface area contributed by atoms with Crippen LogP contribution in [0.5, 0.6) is 0 Å². The monoisotopic (exact) mass is 1130 g/mol. The molecule has 11 aromatic carbocycles. The summed E-state index contributed by atoms with van der Waals surface area (Å²) in [5, 5.41) is 5.06. The van der Waals surface area contributed by atoms with Crippen LogP contribution in [0.15, 0.2) is 237 Å². The van der Waals surface area contributed by atoms with Gasteiger partial charge in [-0.2, -0.15) is 0 Å². The van der Waals surface area contributed by atoms with E-state index in [4.69, 9.17) is 0 Å². The molecule has 0 saturated carbocycles. The number of nitrogens with zero attached hydrogens (tertiary/aromatic N) is 4. The molecule has 2 aromatic heterocycles. The van der Waals surface area contributed by atoms with Crippen molar-refractivity contribution in [3.05, 3.63) is 259 Å². The average molecular weight is 1130 g/mol. The first-order chi connectivity index (χ1) is 41.8. The van der Waals surface area contributed by atoms with E-state index in [9.17, 15) is 0 Å². The first-order valence-electron chi connectivity index (χ1n) is 31.2. The highest BCUT2D eigenvalue weighted by Crippen LogP contribution is 2.51. The minimum atomic E-state index is -0.193. The van der Waals surface area contributed by atoms with Crippen molar-refractivity contribution >= 4 is 101 Å². The van der Waals surface area contributed by atoms with Crippen LogP contribution in [0.2, 0.25) is 0 Å². The molecule has 0 N–H and O–H groups in total. The summed E-state index contributed by atoms with van der Waals surface area (Å²) in [6.45, 7) is 28.0. The summed E-state index contributed by atoms with van der Waals surface area (Å²) in [7, 11) is 0. The molecule has 87 heavy (non-hydrogen) atoms. The van der Waals surface area contributed by atoms with Crippen LogP contribution < -0.4 is 26.2 Å². The summed E-state index contributed by atoms with van der Waals surface area (Å²) in [4.78, 5) is 5.23. The Hall–Kier alpha value is -9.32. The van der Waals surface area contributed by atoms with E-state index in [1.807, 2.05) is 0 Å². The molecule has 0 fully saturated rings. The molecule has 0 saturated heterocycles. The number of hydrogen-bond acceptors (Lipinski definition) is 2. The Morgan fingerprint density at radius 1 is 0.264 bits per heavy atom. The molecule has 2 aliphatic heterocycles. The summed E-state index contributed by atoms with van der Waals surface area (Å²) in [5.74, 6) is 0. The molecule has 426 valence electrons. The molecule has 2 aliphatic rings.